The third kappa shape index (κ3) is 6.22. The van der Waals surface area contributed by atoms with Gasteiger partial charge in [-0.1, -0.05) is 19.3 Å². The van der Waals surface area contributed by atoms with E-state index in [9.17, 15) is 13.2 Å². The van der Waals surface area contributed by atoms with Crippen molar-refractivity contribution < 1.29 is 13.2 Å². The molecule has 0 saturated heterocycles. The van der Waals surface area contributed by atoms with Crippen molar-refractivity contribution in [3.05, 3.63) is 24.3 Å². The summed E-state index contributed by atoms with van der Waals surface area (Å²) in [5.41, 5.74) is 0.572. The molecule has 1 saturated carbocycles. The number of primary sulfonamides is 1. The number of amides is 1. The number of nitrogens with one attached hydrogen (secondary N) is 1. The minimum Gasteiger partial charge on any atom is -0.326 e. The molecule has 3 N–H and O–H groups in total. The van der Waals surface area contributed by atoms with E-state index in [1.165, 1.54) is 44.2 Å². The number of sulfonamides is 1. The zero-order valence-corrected chi connectivity index (χ0v) is 15.0. The lowest BCUT2D eigenvalue weighted by Crippen LogP contribution is -2.30. The van der Waals surface area contributed by atoms with Crippen molar-refractivity contribution in [2.24, 2.45) is 11.1 Å². The summed E-state index contributed by atoms with van der Waals surface area (Å²) in [6.45, 7) is 1.77. The molecule has 1 aromatic carbocycles. The van der Waals surface area contributed by atoms with Crippen LogP contribution in [0.5, 0.6) is 0 Å². The Bertz CT molecular complexity index is 638. The molecule has 6 nitrogen and oxygen atoms in total. The van der Waals surface area contributed by atoms with Gasteiger partial charge in [0.05, 0.1) is 4.90 Å². The first-order valence-corrected chi connectivity index (χ1v) is 10.0. The van der Waals surface area contributed by atoms with Crippen LogP contribution in [0.15, 0.2) is 29.2 Å². The third-order valence-corrected chi connectivity index (χ3v) is 5.41. The second-order valence-corrected chi connectivity index (χ2v) is 8.20. The molecule has 2 rings (SSSR count). The Morgan fingerprint density at radius 1 is 1.21 bits per heavy atom. The molecule has 134 valence electrons. The molecule has 0 heterocycles. The molecule has 0 atom stereocenters. The summed E-state index contributed by atoms with van der Waals surface area (Å²) in [4.78, 5) is 14.3. The zero-order valence-electron chi connectivity index (χ0n) is 14.2. The molecular weight excluding hydrogens is 326 g/mol. The molecule has 0 spiro atoms. The topological polar surface area (TPSA) is 92.5 Å². The van der Waals surface area contributed by atoms with Crippen LogP contribution in [-0.2, 0) is 14.8 Å². The number of carbonyl (C=O) groups is 1. The maximum atomic E-state index is 12.0. The summed E-state index contributed by atoms with van der Waals surface area (Å²) in [6.07, 6.45) is 7.02. The Labute approximate surface area is 144 Å². The van der Waals surface area contributed by atoms with Gasteiger partial charge in [-0.15, -0.1) is 0 Å². The number of anilines is 1. The second-order valence-electron chi connectivity index (χ2n) is 6.63. The predicted molar refractivity (Wildman–Crippen MR) is 95.1 cm³/mol. The fraction of sp³-hybridized carbons (Fsp3) is 0.588. The van der Waals surface area contributed by atoms with E-state index in [0.717, 1.165) is 19.0 Å². The van der Waals surface area contributed by atoms with E-state index in [2.05, 4.69) is 17.3 Å². The molecule has 7 heteroatoms. The minimum absolute atomic E-state index is 0.0349. The van der Waals surface area contributed by atoms with Gasteiger partial charge in [-0.25, -0.2) is 13.6 Å². The van der Waals surface area contributed by atoms with Crippen LogP contribution in [0.4, 0.5) is 5.69 Å². The average molecular weight is 353 g/mol. The molecule has 1 aliphatic rings. The largest absolute Gasteiger partial charge is 0.326 e. The van der Waals surface area contributed by atoms with Gasteiger partial charge < -0.3 is 10.2 Å². The molecule has 0 radical (unpaired) electrons. The van der Waals surface area contributed by atoms with Gasteiger partial charge in [-0.2, -0.15) is 0 Å². The zero-order chi connectivity index (χ0) is 17.6. The first kappa shape index (κ1) is 18.9. The van der Waals surface area contributed by atoms with Gasteiger partial charge in [0.2, 0.25) is 15.9 Å². The van der Waals surface area contributed by atoms with E-state index in [4.69, 9.17) is 5.14 Å². The molecule has 0 bridgehead atoms. The van der Waals surface area contributed by atoms with Gasteiger partial charge in [-0.05, 0) is 50.1 Å². The minimum atomic E-state index is -3.70. The molecule has 1 fully saturated rings. The van der Waals surface area contributed by atoms with Crippen LogP contribution in [0.25, 0.3) is 0 Å². The van der Waals surface area contributed by atoms with Crippen molar-refractivity contribution in [3.63, 3.8) is 0 Å². The van der Waals surface area contributed by atoms with Crippen molar-refractivity contribution in [3.8, 4) is 0 Å². The highest BCUT2D eigenvalue weighted by molar-refractivity contribution is 7.89. The lowest BCUT2D eigenvalue weighted by Gasteiger charge is -2.26. The quantitative estimate of drug-likeness (QED) is 0.786. The Morgan fingerprint density at radius 3 is 2.42 bits per heavy atom. The van der Waals surface area contributed by atoms with E-state index in [1.54, 1.807) is 12.1 Å². The highest BCUT2D eigenvalue weighted by Crippen LogP contribution is 2.24. The Kier molecular flexibility index (Phi) is 6.77. The van der Waals surface area contributed by atoms with Gasteiger partial charge in [-0.3, -0.25) is 4.79 Å². The Balaban J connectivity index is 1.74. The average Bonchev–Trinajstić information content (AvgIpc) is 2.53. The van der Waals surface area contributed by atoms with Crippen LogP contribution in [0.2, 0.25) is 0 Å². The Hall–Kier alpha value is -1.44. The van der Waals surface area contributed by atoms with Crippen molar-refractivity contribution >= 4 is 21.6 Å². The summed E-state index contributed by atoms with van der Waals surface area (Å²) in [6, 6.07) is 5.87. The number of benzene rings is 1. The number of hydrogen-bond acceptors (Lipinski definition) is 4. The SMILES string of the molecule is CN(CCC(=O)Nc1ccc(S(N)(=O)=O)cc1)CC1CCCCC1. The van der Waals surface area contributed by atoms with Crippen LogP contribution in [-0.4, -0.2) is 39.4 Å². The number of nitrogens with zero attached hydrogens (tertiary/aromatic N) is 1. The van der Waals surface area contributed by atoms with Crippen LogP contribution in [0.3, 0.4) is 0 Å². The van der Waals surface area contributed by atoms with Crippen LogP contribution in [0, 0.1) is 5.92 Å². The van der Waals surface area contributed by atoms with Crippen LogP contribution < -0.4 is 10.5 Å². The molecule has 1 aromatic rings. The van der Waals surface area contributed by atoms with Crippen LogP contribution >= 0.6 is 0 Å². The number of nitrogens with two attached hydrogens (primary N) is 1. The molecule has 24 heavy (non-hydrogen) atoms. The van der Waals surface area contributed by atoms with E-state index in [-0.39, 0.29) is 10.8 Å². The molecular formula is C17H27N3O3S. The van der Waals surface area contributed by atoms with Gasteiger partial charge >= 0.3 is 0 Å². The lowest BCUT2D eigenvalue weighted by atomic mass is 9.89. The highest BCUT2D eigenvalue weighted by Gasteiger charge is 2.16. The molecule has 0 unspecified atom stereocenters. The third-order valence-electron chi connectivity index (χ3n) is 4.48. The van der Waals surface area contributed by atoms with E-state index >= 15 is 0 Å². The van der Waals surface area contributed by atoms with E-state index in [0.29, 0.717) is 12.1 Å². The maximum absolute atomic E-state index is 12.0. The standard InChI is InChI=1S/C17H27N3O3S/c1-20(13-14-5-3-2-4-6-14)12-11-17(21)19-15-7-9-16(10-8-15)24(18,22)23/h7-10,14H,2-6,11-13H2,1H3,(H,19,21)(H2,18,22,23). The number of carbonyl (C=O) groups excluding carboxylic acids is 1. The summed E-state index contributed by atoms with van der Waals surface area (Å²) in [5, 5.41) is 7.82. The molecule has 1 amide bonds. The van der Waals surface area contributed by atoms with Crippen molar-refractivity contribution in [2.75, 3.05) is 25.5 Å². The molecule has 0 aromatic heterocycles. The maximum Gasteiger partial charge on any atom is 0.238 e. The predicted octanol–water partition coefficient (Wildman–Crippen LogP) is 2.17. The van der Waals surface area contributed by atoms with Crippen molar-refractivity contribution in [1.82, 2.24) is 4.90 Å². The molecule has 1 aliphatic carbocycles. The van der Waals surface area contributed by atoms with Crippen molar-refractivity contribution in [2.45, 2.75) is 43.4 Å². The number of rotatable bonds is 7. The van der Waals surface area contributed by atoms with Gasteiger partial charge in [0, 0.05) is 25.2 Å². The smallest absolute Gasteiger partial charge is 0.238 e. The summed E-state index contributed by atoms with van der Waals surface area (Å²) in [7, 11) is -1.64. The summed E-state index contributed by atoms with van der Waals surface area (Å²) >= 11 is 0. The monoisotopic (exact) mass is 353 g/mol. The van der Waals surface area contributed by atoms with E-state index < -0.39 is 10.0 Å². The first-order chi connectivity index (χ1) is 11.3. The number of hydrogen-bond donors (Lipinski definition) is 2. The van der Waals surface area contributed by atoms with Crippen LogP contribution in [0.1, 0.15) is 38.5 Å². The summed E-state index contributed by atoms with van der Waals surface area (Å²) in [5.74, 6) is 0.686. The normalized spacial score (nSPS) is 16.3. The second kappa shape index (κ2) is 8.60. The van der Waals surface area contributed by atoms with Crippen molar-refractivity contribution in [1.29, 1.82) is 0 Å². The fourth-order valence-corrected chi connectivity index (χ4v) is 3.66. The van der Waals surface area contributed by atoms with Gasteiger partial charge in [0.25, 0.3) is 0 Å². The lowest BCUT2D eigenvalue weighted by molar-refractivity contribution is -0.116. The van der Waals surface area contributed by atoms with Gasteiger partial charge in [0.15, 0.2) is 0 Å². The first-order valence-electron chi connectivity index (χ1n) is 8.46. The summed E-state index contributed by atoms with van der Waals surface area (Å²) < 4.78 is 22.4. The Morgan fingerprint density at radius 2 is 1.83 bits per heavy atom. The van der Waals surface area contributed by atoms with Gasteiger partial charge in [0.1, 0.15) is 0 Å². The fourth-order valence-electron chi connectivity index (χ4n) is 3.15. The molecule has 0 aliphatic heterocycles. The van der Waals surface area contributed by atoms with E-state index in [1.807, 2.05) is 0 Å². The highest BCUT2D eigenvalue weighted by atomic mass is 32.2.